The number of rotatable bonds is 2. The Bertz CT molecular complexity index is 181. The Balaban J connectivity index is 0.000000810. The molecular formula is C7H12N2O. The Labute approximate surface area is 60.3 Å². The van der Waals surface area contributed by atoms with Crippen molar-refractivity contribution in [3.63, 3.8) is 0 Å². The van der Waals surface area contributed by atoms with Crippen LogP contribution < -0.4 is 0 Å². The Kier molecular flexibility index (Phi) is 3.43. The van der Waals surface area contributed by atoms with Crippen molar-refractivity contribution in [1.29, 1.82) is 0 Å². The minimum Gasteiger partial charge on any atom is -0.412 e. The zero-order chi connectivity index (χ0) is 6.69. The van der Waals surface area contributed by atoms with Crippen molar-refractivity contribution in [1.82, 2.24) is 9.55 Å². The summed E-state index contributed by atoms with van der Waals surface area (Å²) in [7, 11) is 0. The van der Waals surface area contributed by atoms with E-state index in [0.717, 1.165) is 0 Å². The summed E-state index contributed by atoms with van der Waals surface area (Å²) in [6.07, 6.45) is 7.35. The maximum atomic E-state index is 3.91. The van der Waals surface area contributed by atoms with E-state index in [9.17, 15) is 0 Å². The van der Waals surface area contributed by atoms with Crippen molar-refractivity contribution in [3.8, 4) is 0 Å². The summed E-state index contributed by atoms with van der Waals surface area (Å²) in [5.74, 6) is 0. The molecule has 0 fully saturated rings. The maximum absolute atomic E-state index is 3.91. The largest absolute Gasteiger partial charge is 0.412 e. The SMILES string of the molecule is C=CC(C)n1ccnc1.O. The molecule has 0 aliphatic rings. The predicted octanol–water partition coefficient (Wildman–Crippen LogP) is 0.805. The summed E-state index contributed by atoms with van der Waals surface area (Å²) < 4.78 is 1.99. The average molecular weight is 140 g/mol. The van der Waals surface area contributed by atoms with E-state index < -0.39 is 0 Å². The molecule has 2 N–H and O–H groups in total. The molecule has 0 aliphatic heterocycles. The van der Waals surface area contributed by atoms with E-state index in [0.29, 0.717) is 6.04 Å². The van der Waals surface area contributed by atoms with Gasteiger partial charge in [-0.25, -0.2) is 4.98 Å². The van der Waals surface area contributed by atoms with Gasteiger partial charge in [0.1, 0.15) is 0 Å². The zero-order valence-electron chi connectivity index (χ0n) is 5.99. The van der Waals surface area contributed by atoms with Crippen molar-refractivity contribution >= 4 is 0 Å². The summed E-state index contributed by atoms with van der Waals surface area (Å²) in [6, 6.07) is 0.354. The molecule has 1 unspecified atom stereocenters. The first-order valence-corrected chi connectivity index (χ1v) is 2.94. The second kappa shape index (κ2) is 3.85. The van der Waals surface area contributed by atoms with Gasteiger partial charge in [-0.05, 0) is 6.92 Å². The molecule has 0 aromatic carbocycles. The number of hydrogen-bond donors (Lipinski definition) is 0. The summed E-state index contributed by atoms with van der Waals surface area (Å²) in [5.41, 5.74) is 0. The predicted molar refractivity (Wildman–Crippen MR) is 40.7 cm³/mol. The van der Waals surface area contributed by atoms with Gasteiger partial charge in [0, 0.05) is 18.4 Å². The van der Waals surface area contributed by atoms with E-state index in [2.05, 4.69) is 18.5 Å². The molecule has 1 heterocycles. The van der Waals surface area contributed by atoms with Gasteiger partial charge >= 0.3 is 0 Å². The molecule has 1 aromatic heterocycles. The topological polar surface area (TPSA) is 49.3 Å². The van der Waals surface area contributed by atoms with Crippen LogP contribution in [0.25, 0.3) is 0 Å². The maximum Gasteiger partial charge on any atom is 0.0951 e. The molecule has 10 heavy (non-hydrogen) atoms. The van der Waals surface area contributed by atoms with Crippen molar-refractivity contribution < 1.29 is 5.48 Å². The lowest BCUT2D eigenvalue weighted by Crippen LogP contribution is -1.96. The Hall–Kier alpha value is -1.09. The quantitative estimate of drug-likeness (QED) is 0.560. The van der Waals surface area contributed by atoms with Gasteiger partial charge in [-0.2, -0.15) is 0 Å². The number of allylic oxidation sites excluding steroid dienone is 1. The molecule has 0 amide bonds. The normalized spacial score (nSPS) is 11.7. The van der Waals surface area contributed by atoms with E-state index in [-0.39, 0.29) is 5.48 Å². The summed E-state index contributed by atoms with van der Waals surface area (Å²) in [5, 5.41) is 0. The van der Waals surface area contributed by atoms with Crippen LogP contribution in [0.15, 0.2) is 31.4 Å². The summed E-state index contributed by atoms with van der Waals surface area (Å²) in [4.78, 5) is 3.91. The number of aromatic nitrogens is 2. The molecular weight excluding hydrogens is 128 g/mol. The lowest BCUT2D eigenvalue weighted by Gasteiger charge is -2.04. The lowest BCUT2D eigenvalue weighted by atomic mass is 10.3. The third-order valence-corrected chi connectivity index (χ3v) is 1.34. The molecule has 0 aliphatic carbocycles. The van der Waals surface area contributed by atoms with Crippen LogP contribution in [-0.4, -0.2) is 15.0 Å². The summed E-state index contributed by atoms with van der Waals surface area (Å²) in [6.45, 7) is 5.73. The van der Waals surface area contributed by atoms with Gasteiger partial charge in [-0.3, -0.25) is 0 Å². The van der Waals surface area contributed by atoms with Gasteiger partial charge < -0.3 is 10.0 Å². The molecule has 3 nitrogen and oxygen atoms in total. The molecule has 0 saturated carbocycles. The van der Waals surface area contributed by atoms with Gasteiger partial charge in [0.2, 0.25) is 0 Å². The molecule has 56 valence electrons. The monoisotopic (exact) mass is 140 g/mol. The molecule has 3 heteroatoms. The zero-order valence-corrected chi connectivity index (χ0v) is 5.99. The van der Waals surface area contributed by atoms with Gasteiger partial charge in [-0.15, -0.1) is 6.58 Å². The molecule has 0 saturated heterocycles. The minimum absolute atomic E-state index is 0. The second-order valence-electron chi connectivity index (χ2n) is 1.99. The fourth-order valence-electron chi connectivity index (χ4n) is 0.632. The van der Waals surface area contributed by atoms with Crippen LogP contribution in [0, 0.1) is 0 Å². The van der Waals surface area contributed by atoms with E-state index in [1.807, 2.05) is 16.8 Å². The van der Waals surface area contributed by atoms with Gasteiger partial charge in [0.15, 0.2) is 0 Å². The van der Waals surface area contributed by atoms with Gasteiger partial charge in [-0.1, -0.05) is 6.08 Å². The summed E-state index contributed by atoms with van der Waals surface area (Å²) >= 11 is 0. The van der Waals surface area contributed by atoms with Crippen LogP contribution >= 0.6 is 0 Å². The first-order valence-electron chi connectivity index (χ1n) is 2.94. The third kappa shape index (κ3) is 1.70. The average Bonchev–Trinajstić information content (AvgIpc) is 2.37. The van der Waals surface area contributed by atoms with E-state index in [1.165, 1.54) is 0 Å². The fourth-order valence-corrected chi connectivity index (χ4v) is 0.632. The van der Waals surface area contributed by atoms with Crippen LogP contribution in [0.2, 0.25) is 0 Å². The van der Waals surface area contributed by atoms with E-state index in [1.54, 1.807) is 12.5 Å². The van der Waals surface area contributed by atoms with Crippen molar-refractivity contribution in [3.05, 3.63) is 31.4 Å². The van der Waals surface area contributed by atoms with Crippen LogP contribution in [0.1, 0.15) is 13.0 Å². The van der Waals surface area contributed by atoms with Crippen LogP contribution in [0.4, 0.5) is 0 Å². The molecule has 1 aromatic rings. The van der Waals surface area contributed by atoms with E-state index >= 15 is 0 Å². The van der Waals surface area contributed by atoms with Crippen molar-refractivity contribution in [2.75, 3.05) is 0 Å². The molecule has 0 spiro atoms. The minimum atomic E-state index is 0. The molecule has 1 rings (SSSR count). The highest BCUT2D eigenvalue weighted by Crippen LogP contribution is 2.03. The van der Waals surface area contributed by atoms with E-state index in [4.69, 9.17) is 0 Å². The smallest absolute Gasteiger partial charge is 0.0951 e. The van der Waals surface area contributed by atoms with Gasteiger partial charge in [0.05, 0.1) is 6.33 Å². The lowest BCUT2D eigenvalue weighted by molar-refractivity contribution is 0.661. The van der Waals surface area contributed by atoms with Crippen LogP contribution in [0.3, 0.4) is 0 Å². The highest BCUT2D eigenvalue weighted by Gasteiger charge is 1.93. The number of hydrogen-bond acceptors (Lipinski definition) is 1. The standard InChI is InChI=1S/C7H10N2.H2O/c1-3-7(2)9-5-4-8-6-9;/h3-7H,1H2,2H3;1H2. The third-order valence-electron chi connectivity index (χ3n) is 1.34. The molecule has 0 bridgehead atoms. The highest BCUT2D eigenvalue weighted by atomic mass is 16.0. The van der Waals surface area contributed by atoms with Gasteiger partial charge in [0.25, 0.3) is 0 Å². The Morgan fingerprint density at radius 2 is 2.40 bits per heavy atom. The number of imidazole rings is 1. The molecule has 0 radical (unpaired) electrons. The van der Waals surface area contributed by atoms with Crippen molar-refractivity contribution in [2.45, 2.75) is 13.0 Å². The van der Waals surface area contributed by atoms with Crippen molar-refractivity contribution in [2.24, 2.45) is 0 Å². The Morgan fingerprint density at radius 1 is 1.70 bits per heavy atom. The first kappa shape index (κ1) is 8.91. The number of nitrogens with zero attached hydrogens (tertiary/aromatic N) is 2. The van der Waals surface area contributed by atoms with Crippen LogP contribution in [0.5, 0.6) is 0 Å². The molecule has 1 atom stereocenters. The fraction of sp³-hybridized carbons (Fsp3) is 0.286. The Morgan fingerprint density at radius 3 is 2.80 bits per heavy atom. The first-order chi connectivity index (χ1) is 4.34. The van der Waals surface area contributed by atoms with Crippen LogP contribution in [-0.2, 0) is 0 Å². The second-order valence-corrected chi connectivity index (χ2v) is 1.99. The highest BCUT2D eigenvalue weighted by molar-refractivity contribution is 4.86.